The fourth-order valence-electron chi connectivity index (χ4n) is 2.38. The molecule has 0 aliphatic rings. The van der Waals surface area contributed by atoms with Crippen molar-refractivity contribution in [3.05, 3.63) is 69.2 Å². The molecule has 0 aromatic heterocycles. The third kappa shape index (κ3) is 4.68. The molecule has 0 bridgehead atoms. The van der Waals surface area contributed by atoms with Crippen molar-refractivity contribution in [2.24, 2.45) is 10.3 Å². The number of nitrogens with zero attached hydrogens (tertiary/aromatic N) is 2. The lowest BCUT2D eigenvalue weighted by molar-refractivity contribution is 0.130. The Morgan fingerprint density at radius 1 is 1.04 bits per heavy atom. The van der Waals surface area contributed by atoms with E-state index < -0.39 is 0 Å². The number of halogens is 1. The second kappa shape index (κ2) is 8.64. The first-order valence-corrected chi connectivity index (χ1v) is 8.41. The molecule has 0 unspecified atom stereocenters. The Morgan fingerprint density at radius 2 is 1.79 bits per heavy atom. The van der Waals surface area contributed by atoms with Gasteiger partial charge >= 0.3 is 0 Å². The summed E-state index contributed by atoms with van der Waals surface area (Å²) < 4.78 is 1.02. The highest BCUT2D eigenvalue weighted by Crippen LogP contribution is 2.18. The Kier molecular flexibility index (Phi) is 6.55. The van der Waals surface area contributed by atoms with Gasteiger partial charge in [0.05, 0.1) is 11.4 Å². The van der Waals surface area contributed by atoms with Crippen LogP contribution in [-0.4, -0.2) is 18.5 Å². The number of hydrogen-bond donors (Lipinski definition) is 0. The van der Waals surface area contributed by atoms with Crippen molar-refractivity contribution in [3.63, 3.8) is 0 Å². The standard InChI is InChI=1S/C19H21BrN2O2/c1-13-7-5-10-18(15(3)21-23-4)19(13)12-24-22-14(2)16-8-6-9-17(20)11-16/h5-11H,12H2,1-4H3/b21-15-,22-14+. The van der Waals surface area contributed by atoms with E-state index in [4.69, 9.17) is 9.68 Å². The van der Waals surface area contributed by atoms with Crippen LogP contribution in [0.25, 0.3) is 0 Å². The van der Waals surface area contributed by atoms with Crippen molar-refractivity contribution in [1.29, 1.82) is 0 Å². The van der Waals surface area contributed by atoms with Gasteiger partial charge in [0.25, 0.3) is 0 Å². The van der Waals surface area contributed by atoms with Crippen molar-refractivity contribution in [3.8, 4) is 0 Å². The van der Waals surface area contributed by atoms with Crippen LogP contribution in [0.1, 0.15) is 36.1 Å². The Labute approximate surface area is 151 Å². The molecule has 24 heavy (non-hydrogen) atoms. The first-order valence-electron chi connectivity index (χ1n) is 7.62. The molecular formula is C19H21BrN2O2. The van der Waals surface area contributed by atoms with Crippen molar-refractivity contribution in [2.75, 3.05) is 7.11 Å². The minimum absolute atomic E-state index is 0.379. The second-order valence-electron chi connectivity index (χ2n) is 5.42. The predicted molar refractivity (Wildman–Crippen MR) is 102 cm³/mol. The maximum Gasteiger partial charge on any atom is 0.143 e. The van der Waals surface area contributed by atoms with Gasteiger partial charge in [0.2, 0.25) is 0 Å². The molecular weight excluding hydrogens is 368 g/mol. The lowest BCUT2D eigenvalue weighted by Gasteiger charge is -2.11. The molecule has 4 nitrogen and oxygen atoms in total. The van der Waals surface area contributed by atoms with Crippen LogP contribution in [0.4, 0.5) is 0 Å². The molecule has 0 radical (unpaired) electrons. The van der Waals surface area contributed by atoms with E-state index in [0.717, 1.165) is 38.1 Å². The third-order valence-corrected chi connectivity index (χ3v) is 4.17. The fourth-order valence-corrected chi connectivity index (χ4v) is 2.78. The zero-order chi connectivity index (χ0) is 17.5. The average Bonchev–Trinajstić information content (AvgIpc) is 2.56. The molecule has 5 heteroatoms. The molecule has 2 aromatic rings. The molecule has 0 saturated carbocycles. The number of benzene rings is 2. The van der Waals surface area contributed by atoms with E-state index in [0.29, 0.717) is 6.61 Å². The second-order valence-corrected chi connectivity index (χ2v) is 6.34. The highest BCUT2D eigenvalue weighted by molar-refractivity contribution is 9.10. The topological polar surface area (TPSA) is 43.2 Å². The molecule has 0 heterocycles. The van der Waals surface area contributed by atoms with Gasteiger partial charge in [0.1, 0.15) is 13.7 Å². The Morgan fingerprint density at radius 3 is 2.50 bits per heavy atom. The van der Waals surface area contributed by atoms with Gasteiger partial charge in [-0.1, -0.05) is 56.6 Å². The zero-order valence-electron chi connectivity index (χ0n) is 14.3. The van der Waals surface area contributed by atoms with Crippen LogP contribution in [0.3, 0.4) is 0 Å². The van der Waals surface area contributed by atoms with Crippen LogP contribution in [0.15, 0.2) is 57.2 Å². The molecule has 0 spiro atoms. The summed E-state index contributed by atoms with van der Waals surface area (Å²) >= 11 is 3.46. The third-order valence-electron chi connectivity index (χ3n) is 3.68. The zero-order valence-corrected chi connectivity index (χ0v) is 15.9. The van der Waals surface area contributed by atoms with E-state index in [9.17, 15) is 0 Å². The first kappa shape index (κ1) is 18.2. The van der Waals surface area contributed by atoms with Gasteiger partial charge in [-0.05, 0) is 38.5 Å². The largest absolute Gasteiger partial charge is 0.399 e. The summed E-state index contributed by atoms with van der Waals surface area (Å²) in [4.78, 5) is 10.5. The lowest BCUT2D eigenvalue weighted by Crippen LogP contribution is -2.05. The number of oxime groups is 2. The van der Waals surface area contributed by atoms with E-state index in [1.807, 2.05) is 63.2 Å². The molecule has 126 valence electrons. The van der Waals surface area contributed by atoms with Gasteiger partial charge in [0.15, 0.2) is 0 Å². The normalized spacial score (nSPS) is 12.2. The first-order chi connectivity index (χ1) is 11.5. The van der Waals surface area contributed by atoms with Crippen LogP contribution in [0.2, 0.25) is 0 Å². The van der Waals surface area contributed by atoms with E-state index in [2.05, 4.69) is 26.2 Å². The predicted octanol–water partition coefficient (Wildman–Crippen LogP) is 5.07. The van der Waals surface area contributed by atoms with Crippen LogP contribution in [-0.2, 0) is 16.3 Å². The minimum atomic E-state index is 0.379. The molecule has 2 rings (SSSR count). The van der Waals surface area contributed by atoms with E-state index in [1.165, 1.54) is 0 Å². The van der Waals surface area contributed by atoms with Gasteiger partial charge in [0, 0.05) is 21.2 Å². The van der Waals surface area contributed by atoms with Gasteiger partial charge in [-0.15, -0.1) is 0 Å². The van der Waals surface area contributed by atoms with E-state index in [-0.39, 0.29) is 0 Å². The summed E-state index contributed by atoms with van der Waals surface area (Å²) in [5.41, 5.74) is 5.86. The monoisotopic (exact) mass is 388 g/mol. The molecule has 0 saturated heterocycles. The summed E-state index contributed by atoms with van der Waals surface area (Å²) in [6.07, 6.45) is 0. The number of rotatable bonds is 6. The highest BCUT2D eigenvalue weighted by atomic mass is 79.9. The molecule has 2 aromatic carbocycles. The van der Waals surface area contributed by atoms with Crippen LogP contribution in [0.5, 0.6) is 0 Å². The van der Waals surface area contributed by atoms with E-state index in [1.54, 1.807) is 7.11 Å². The number of aryl methyl sites for hydroxylation is 1. The van der Waals surface area contributed by atoms with Crippen molar-refractivity contribution in [1.82, 2.24) is 0 Å². The summed E-state index contributed by atoms with van der Waals surface area (Å²) in [7, 11) is 1.54. The maximum absolute atomic E-state index is 5.60. The maximum atomic E-state index is 5.60. The van der Waals surface area contributed by atoms with Gasteiger partial charge in [-0.3, -0.25) is 0 Å². The fraction of sp³-hybridized carbons (Fsp3) is 0.263. The Balaban J connectivity index is 2.17. The van der Waals surface area contributed by atoms with Crippen molar-refractivity contribution in [2.45, 2.75) is 27.4 Å². The summed E-state index contributed by atoms with van der Waals surface area (Å²) in [6.45, 7) is 6.27. The quantitative estimate of drug-likeness (QED) is 0.512. The van der Waals surface area contributed by atoms with Crippen LogP contribution in [0, 0.1) is 6.92 Å². The number of hydrogen-bond acceptors (Lipinski definition) is 4. The summed E-state index contributed by atoms with van der Waals surface area (Å²) in [5.74, 6) is 0. The molecule has 0 fully saturated rings. The van der Waals surface area contributed by atoms with Gasteiger partial charge < -0.3 is 9.68 Å². The lowest BCUT2D eigenvalue weighted by atomic mass is 10.00. The summed E-state index contributed by atoms with van der Waals surface area (Å²) in [6, 6.07) is 14.0. The molecule has 0 aliphatic heterocycles. The van der Waals surface area contributed by atoms with Crippen molar-refractivity contribution < 1.29 is 9.68 Å². The Bertz CT molecular complexity index is 770. The van der Waals surface area contributed by atoms with Crippen LogP contribution < -0.4 is 0 Å². The highest BCUT2D eigenvalue weighted by Gasteiger charge is 2.09. The Hall–Kier alpha value is -2.14. The molecule has 0 atom stereocenters. The SMILES string of the molecule is CO/N=C(/C)c1cccc(C)c1CO/N=C(\C)c1cccc(Br)c1. The summed E-state index contributed by atoms with van der Waals surface area (Å²) in [5, 5.41) is 8.26. The van der Waals surface area contributed by atoms with E-state index >= 15 is 0 Å². The van der Waals surface area contributed by atoms with Crippen molar-refractivity contribution >= 4 is 27.4 Å². The smallest absolute Gasteiger partial charge is 0.143 e. The molecule has 0 N–H and O–H groups in total. The molecule has 0 amide bonds. The van der Waals surface area contributed by atoms with Crippen LogP contribution >= 0.6 is 15.9 Å². The minimum Gasteiger partial charge on any atom is -0.399 e. The molecule has 0 aliphatic carbocycles. The van der Waals surface area contributed by atoms with Gasteiger partial charge in [-0.25, -0.2) is 0 Å². The van der Waals surface area contributed by atoms with Gasteiger partial charge in [-0.2, -0.15) is 0 Å². The average molecular weight is 389 g/mol.